The van der Waals surface area contributed by atoms with Gasteiger partial charge >= 0.3 is 0 Å². The topological polar surface area (TPSA) is 79.5 Å². The number of benzene rings is 2. The van der Waals surface area contributed by atoms with Gasteiger partial charge in [0, 0.05) is 15.4 Å². The van der Waals surface area contributed by atoms with Crippen molar-refractivity contribution in [2.24, 2.45) is 5.10 Å². The first kappa shape index (κ1) is 18.9. The van der Waals surface area contributed by atoms with Gasteiger partial charge in [0.2, 0.25) is 5.13 Å². The standard InChI is InChI=1S/C19H15BrN4O2S/c1-25-18-10-13(2-7-17(18)26-9-8-21)11-22-24-19-23-16(12-27-19)14-3-5-15(20)6-4-14/h2-7,10-12H,9H2,1H3,(H,23,24)/b22-11-. The molecule has 0 saturated carbocycles. The highest BCUT2D eigenvalue weighted by molar-refractivity contribution is 9.10. The van der Waals surface area contributed by atoms with Crippen molar-refractivity contribution in [1.82, 2.24) is 4.98 Å². The normalized spacial score (nSPS) is 10.6. The van der Waals surface area contributed by atoms with Crippen molar-refractivity contribution in [3.8, 4) is 28.8 Å². The van der Waals surface area contributed by atoms with Crippen molar-refractivity contribution in [2.45, 2.75) is 0 Å². The molecule has 0 aliphatic heterocycles. The van der Waals surface area contributed by atoms with Gasteiger partial charge < -0.3 is 9.47 Å². The van der Waals surface area contributed by atoms with Crippen molar-refractivity contribution >= 4 is 38.6 Å². The number of ether oxygens (including phenoxy) is 2. The van der Waals surface area contributed by atoms with E-state index in [4.69, 9.17) is 14.7 Å². The zero-order valence-corrected chi connectivity index (χ0v) is 16.8. The lowest BCUT2D eigenvalue weighted by molar-refractivity contribution is 0.329. The summed E-state index contributed by atoms with van der Waals surface area (Å²) in [6.07, 6.45) is 1.66. The number of methoxy groups -OCH3 is 1. The molecule has 0 aliphatic carbocycles. The van der Waals surface area contributed by atoms with E-state index in [0.29, 0.717) is 16.6 Å². The summed E-state index contributed by atoms with van der Waals surface area (Å²) in [5, 5.41) is 15.5. The van der Waals surface area contributed by atoms with Gasteiger partial charge in [-0.1, -0.05) is 28.1 Å². The van der Waals surface area contributed by atoms with Crippen LogP contribution in [0.2, 0.25) is 0 Å². The quantitative estimate of drug-likeness (QED) is 0.414. The van der Waals surface area contributed by atoms with Gasteiger partial charge in [-0.05, 0) is 35.9 Å². The molecule has 0 spiro atoms. The molecule has 1 heterocycles. The Balaban J connectivity index is 1.65. The number of hydrazone groups is 1. The van der Waals surface area contributed by atoms with Crippen LogP contribution in [-0.4, -0.2) is 24.9 Å². The third kappa shape index (κ3) is 5.06. The predicted molar refractivity (Wildman–Crippen MR) is 111 cm³/mol. The average Bonchev–Trinajstić information content (AvgIpc) is 3.16. The Bertz CT molecular complexity index is 980. The van der Waals surface area contributed by atoms with E-state index >= 15 is 0 Å². The fourth-order valence-corrected chi connectivity index (χ4v) is 3.17. The predicted octanol–water partition coefficient (Wildman–Crippen LogP) is 4.93. The van der Waals surface area contributed by atoms with Crippen LogP contribution in [0.5, 0.6) is 11.5 Å². The van der Waals surface area contributed by atoms with E-state index in [-0.39, 0.29) is 6.61 Å². The third-order valence-corrected chi connectivity index (χ3v) is 4.77. The molecule has 1 N–H and O–H groups in total. The second-order valence-electron chi connectivity index (χ2n) is 5.27. The number of hydrogen-bond donors (Lipinski definition) is 1. The highest BCUT2D eigenvalue weighted by Crippen LogP contribution is 2.28. The summed E-state index contributed by atoms with van der Waals surface area (Å²) < 4.78 is 11.6. The number of anilines is 1. The number of nitrogens with one attached hydrogen (secondary N) is 1. The Hall–Kier alpha value is -2.89. The average molecular weight is 443 g/mol. The molecule has 0 atom stereocenters. The molecule has 0 radical (unpaired) electrons. The van der Waals surface area contributed by atoms with Crippen molar-refractivity contribution in [1.29, 1.82) is 5.26 Å². The van der Waals surface area contributed by atoms with E-state index in [1.807, 2.05) is 41.8 Å². The Labute approximate surface area is 169 Å². The van der Waals surface area contributed by atoms with Gasteiger partial charge in [-0.2, -0.15) is 10.4 Å². The van der Waals surface area contributed by atoms with Gasteiger partial charge in [0.25, 0.3) is 0 Å². The third-order valence-electron chi connectivity index (χ3n) is 3.50. The molecule has 27 heavy (non-hydrogen) atoms. The molecule has 3 rings (SSSR count). The molecule has 0 aliphatic rings. The minimum absolute atomic E-state index is 0.0316. The maximum atomic E-state index is 8.60. The molecule has 1 aromatic heterocycles. The van der Waals surface area contributed by atoms with Gasteiger partial charge in [0.1, 0.15) is 6.07 Å². The molecule has 0 unspecified atom stereocenters. The van der Waals surface area contributed by atoms with Crippen LogP contribution < -0.4 is 14.9 Å². The van der Waals surface area contributed by atoms with Gasteiger partial charge in [-0.3, -0.25) is 5.43 Å². The van der Waals surface area contributed by atoms with Crippen molar-refractivity contribution in [2.75, 3.05) is 19.1 Å². The van der Waals surface area contributed by atoms with E-state index < -0.39 is 0 Å². The number of halogens is 1. The number of nitriles is 1. The van der Waals surface area contributed by atoms with E-state index in [0.717, 1.165) is 21.3 Å². The fraction of sp³-hybridized carbons (Fsp3) is 0.105. The van der Waals surface area contributed by atoms with Crippen LogP contribution in [0.25, 0.3) is 11.3 Å². The molecule has 6 nitrogen and oxygen atoms in total. The summed E-state index contributed by atoms with van der Waals surface area (Å²) in [7, 11) is 1.55. The summed E-state index contributed by atoms with van der Waals surface area (Å²) >= 11 is 4.91. The lowest BCUT2D eigenvalue weighted by Crippen LogP contribution is -1.98. The van der Waals surface area contributed by atoms with Gasteiger partial charge in [-0.25, -0.2) is 4.98 Å². The summed E-state index contributed by atoms with van der Waals surface area (Å²) in [6, 6.07) is 15.3. The zero-order chi connectivity index (χ0) is 19.1. The SMILES string of the molecule is COc1cc(/C=N\Nc2nc(-c3ccc(Br)cc3)cs2)ccc1OCC#N. The number of thiazole rings is 1. The first-order chi connectivity index (χ1) is 13.2. The molecule has 0 bridgehead atoms. The van der Waals surface area contributed by atoms with E-state index in [9.17, 15) is 0 Å². The maximum absolute atomic E-state index is 8.60. The van der Waals surface area contributed by atoms with Crippen LogP contribution >= 0.6 is 27.3 Å². The Kier molecular flexibility index (Phi) is 6.41. The molecular formula is C19H15BrN4O2S. The molecule has 3 aromatic rings. The number of rotatable bonds is 7. The first-order valence-electron chi connectivity index (χ1n) is 7.88. The summed E-state index contributed by atoms with van der Waals surface area (Å²) in [4.78, 5) is 4.53. The monoisotopic (exact) mass is 442 g/mol. The molecule has 0 amide bonds. The van der Waals surface area contributed by atoms with Gasteiger partial charge in [0.05, 0.1) is 19.0 Å². The second-order valence-corrected chi connectivity index (χ2v) is 7.05. The van der Waals surface area contributed by atoms with Crippen molar-refractivity contribution in [3.63, 3.8) is 0 Å². The molecule has 0 saturated heterocycles. The summed E-state index contributed by atoms with van der Waals surface area (Å²) in [5.41, 5.74) is 5.70. The minimum Gasteiger partial charge on any atom is -0.493 e. The van der Waals surface area contributed by atoms with E-state index in [1.165, 1.54) is 11.3 Å². The van der Waals surface area contributed by atoms with Gasteiger partial charge in [0.15, 0.2) is 18.1 Å². The Morgan fingerprint density at radius 2 is 2.07 bits per heavy atom. The van der Waals surface area contributed by atoms with Crippen molar-refractivity contribution < 1.29 is 9.47 Å². The van der Waals surface area contributed by atoms with Crippen LogP contribution in [-0.2, 0) is 0 Å². The van der Waals surface area contributed by atoms with Crippen LogP contribution in [0.15, 0.2) is 57.4 Å². The first-order valence-corrected chi connectivity index (χ1v) is 9.55. The summed E-state index contributed by atoms with van der Waals surface area (Å²) in [5.74, 6) is 1.06. The highest BCUT2D eigenvalue weighted by atomic mass is 79.9. The summed E-state index contributed by atoms with van der Waals surface area (Å²) in [6.45, 7) is -0.0316. The molecular weight excluding hydrogens is 428 g/mol. The molecule has 2 aromatic carbocycles. The zero-order valence-electron chi connectivity index (χ0n) is 14.3. The highest BCUT2D eigenvalue weighted by Gasteiger charge is 2.06. The second kappa shape index (κ2) is 9.16. The van der Waals surface area contributed by atoms with Crippen LogP contribution in [0.4, 0.5) is 5.13 Å². The lowest BCUT2D eigenvalue weighted by Gasteiger charge is -2.08. The smallest absolute Gasteiger partial charge is 0.203 e. The van der Waals surface area contributed by atoms with E-state index in [1.54, 1.807) is 25.5 Å². The Morgan fingerprint density at radius 3 is 2.81 bits per heavy atom. The fourth-order valence-electron chi connectivity index (χ4n) is 2.23. The minimum atomic E-state index is -0.0316. The number of nitrogens with zero attached hydrogens (tertiary/aromatic N) is 3. The largest absolute Gasteiger partial charge is 0.493 e. The number of hydrogen-bond acceptors (Lipinski definition) is 7. The maximum Gasteiger partial charge on any atom is 0.203 e. The van der Waals surface area contributed by atoms with Gasteiger partial charge in [-0.15, -0.1) is 11.3 Å². The van der Waals surface area contributed by atoms with Crippen molar-refractivity contribution in [3.05, 3.63) is 57.9 Å². The molecule has 136 valence electrons. The molecule has 8 heteroatoms. The lowest BCUT2D eigenvalue weighted by atomic mass is 10.2. The van der Waals surface area contributed by atoms with Crippen LogP contribution in [0.3, 0.4) is 0 Å². The van der Waals surface area contributed by atoms with E-state index in [2.05, 4.69) is 31.4 Å². The van der Waals surface area contributed by atoms with Crippen LogP contribution in [0.1, 0.15) is 5.56 Å². The Morgan fingerprint density at radius 1 is 1.26 bits per heavy atom. The molecule has 0 fully saturated rings. The van der Waals surface area contributed by atoms with Crippen LogP contribution in [0, 0.1) is 11.3 Å². The number of aromatic nitrogens is 1.